The van der Waals surface area contributed by atoms with Gasteiger partial charge in [-0.2, -0.15) is 0 Å². The summed E-state index contributed by atoms with van der Waals surface area (Å²) in [6.45, 7) is 3.42. The highest BCUT2D eigenvalue weighted by Crippen LogP contribution is 2.35. The highest BCUT2D eigenvalue weighted by molar-refractivity contribution is 7.15. The van der Waals surface area contributed by atoms with E-state index >= 15 is 0 Å². The van der Waals surface area contributed by atoms with Gasteiger partial charge in [-0.1, -0.05) is 6.07 Å². The largest absolute Gasteiger partial charge is 0.462 e. The van der Waals surface area contributed by atoms with Crippen LogP contribution >= 0.6 is 11.3 Å². The van der Waals surface area contributed by atoms with Gasteiger partial charge in [-0.05, 0) is 13.0 Å². The van der Waals surface area contributed by atoms with Crippen molar-refractivity contribution in [3.05, 3.63) is 35.5 Å². The molecule has 0 atom stereocenters. The summed E-state index contributed by atoms with van der Waals surface area (Å²) < 4.78 is 5.07. The van der Waals surface area contributed by atoms with Gasteiger partial charge < -0.3 is 10.1 Å². The van der Waals surface area contributed by atoms with Crippen LogP contribution in [0.25, 0.3) is 11.1 Å². The number of amides is 1. The zero-order chi connectivity index (χ0) is 14.5. The van der Waals surface area contributed by atoms with Crippen LogP contribution in [0.15, 0.2) is 29.9 Å². The van der Waals surface area contributed by atoms with Crippen LogP contribution < -0.4 is 5.32 Å². The van der Waals surface area contributed by atoms with Gasteiger partial charge in [0.05, 0.1) is 6.61 Å². The first kappa shape index (κ1) is 14.2. The third kappa shape index (κ3) is 3.03. The van der Waals surface area contributed by atoms with Crippen LogP contribution in [0.4, 0.5) is 5.00 Å². The van der Waals surface area contributed by atoms with E-state index in [1.165, 1.54) is 18.3 Å². The number of ether oxygens (including phenoxy) is 1. The molecule has 0 aliphatic rings. The lowest BCUT2D eigenvalue weighted by Gasteiger charge is -2.07. The molecule has 6 heteroatoms. The first-order valence-electron chi connectivity index (χ1n) is 6.10. The molecule has 0 bridgehead atoms. The molecule has 0 aliphatic heterocycles. The second-order valence-corrected chi connectivity index (χ2v) is 4.88. The smallest absolute Gasteiger partial charge is 0.341 e. The van der Waals surface area contributed by atoms with E-state index in [9.17, 15) is 9.59 Å². The van der Waals surface area contributed by atoms with E-state index < -0.39 is 5.97 Å². The molecule has 5 nitrogen and oxygen atoms in total. The van der Waals surface area contributed by atoms with Crippen molar-refractivity contribution in [1.29, 1.82) is 0 Å². The molecule has 0 radical (unpaired) electrons. The number of hydrogen-bond acceptors (Lipinski definition) is 5. The Hall–Kier alpha value is -2.21. The molecular formula is C14H14N2O3S. The van der Waals surface area contributed by atoms with E-state index in [2.05, 4.69) is 10.3 Å². The molecule has 2 aromatic heterocycles. The Balaban J connectivity index is 2.49. The number of carbonyl (C=O) groups is 2. The van der Waals surface area contributed by atoms with Gasteiger partial charge in [0.25, 0.3) is 0 Å². The van der Waals surface area contributed by atoms with Crippen LogP contribution in [0.2, 0.25) is 0 Å². The molecule has 0 fully saturated rings. The maximum absolute atomic E-state index is 12.1. The molecule has 2 aromatic rings. The number of thiophene rings is 1. The summed E-state index contributed by atoms with van der Waals surface area (Å²) in [5.41, 5.74) is 1.90. The number of esters is 1. The lowest BCUT2D eigenvalue weighted by atomic mass is 10.1. The molecule has 0 saturated carbocycles. The Kier molecular flexibility index (Phi) is 4.47. The first-order valence-corrected chi connectivity index (χ1v) is 6.98. The third-order valence-corrected chi connectivity index (χ3v) is 3.43. The van der Waals surface area contributed by atoms with Crippen molar-refractivity contribution in [3.63, 3.8) is 0 Å². The van der Waals surface area contributed by atoms with Crippen molar-refractivity contribution in [2.24, 2.45) is 0 Å². The van der Waals surface area contributed by atoms with E-state index in [0.29, 0.717) is 16.1 Å². The summed E-state index contributed by atoms with van der Waals surface area (Å²) in [6.07, 6.45) is 3.33. The zero-order valence-electron chi connectivity index (χ0n) is 11.2. The van der Waals surface area contributed by atoms with E-state index in [4.69, 9.17) is 4.74 Å². The minimum Gasteiger partial charge on any atom is -0.462 e. The molecule has 0 spiro atoms. The molecular weight excluding hydrogens is 276 g/mol. The predicted octanol–water partition coefficient (Wildman–Crippen LogP) is 2.95. The van der Waals surface area contributed by atoms with E-state index in [1.807, 2.05) is 11.4 Å². The number of hydrogen-bond donors (Lipinski definition) is 1. The fourth-order valence-corrected chi connectivity index (χ4v) is 2.75. The fraction of sp³-hybridized carbons (Fsp3) is 0.214. The number of nitrogens with zero attached hydrogens (tertiary/aromatic N) is 1. The van der Waals surface area contributed by atoms with E-state index in [-0.39, 0.29) is 12.5 Å². The van der Waals surface area contributed by atoms with Crippen molar-refractivity contribution < 1.29 is 14.3 Å². The second kappa shape index (κ2) is 6.29. The number of aromatic nitrogens is 1. The van der Waals surface area contributed by atoms with Gasteiger partial charge in [0, 0.05) is 35.8 Å². The number of pyridine rings is 1. The standard InChI is InChI=1S/C14H14N2O3S/c1-3-19-14(18)12-11(10-5-4-6-15-7-10)8-20-13(12)16-9(2)17/h4-8H,3H2,1-2H3,(H,16,17). The van der Waals surface area contributed by atoms with Gasteiger partial charge in [0.2, 0.25) is 5.91 Å². The number of anilines is 1. The molecule has 0 aliphatic carbocycles. The van der Waals surface area contributed by atoms with E-state index in [0.717, 1.165) is 5.56 Å². The molecule has 1 N–H and O–H groups in total. The van der Waals surface area contributed by atoms with Gasteiger partial charge in [0.15, 0.2) is 0 Å². The Morgan fingerprint density at radius 2 is 2.25 bits per heavy atom. The predicted molar refractivity (Wildman–Crippen MR) is 77.8 cm³/mol. The van der Waals surface area contributed by atoms with Gasteiger partial charge in [-0.3, -0.25) is 9.78 Å². The van der Waals surface area contributed by atoms with Crippen molar-refractivity contribution in [2.45, 2.75) is 13.8 Å². The summed E-state index contributed by atoms with van der Waals surface area (Å²) >= 11 is 1.29. The summed E-state index contributed by atoms with van der Waals surface area (Å²) in [6, 6.07) is 3.65. The van der Waals surface area contributed by atoms with Crippen LogP contribution in [-0.4, -0.2) is 23.5 Å². The second-order valence-electron chi connectivity index (χ2n) is 4.00. The average Bonchev–Trinajstić information content (AvgIpc) is 2.83. The van der Waals surface area contributed by atoms with Gasteiger partial charge in [-0.25, -0.2) is 4.79 Å². The van der Waals surface area contributed by atoms with Crippen molar-refractivity contribution in [3.8, 4) is 11.1 Å². The van der Waals surface area contributed by atoms with Crippen LogP contribution in [-0.2, 0) is 9.53 Å². The lowest BCUT2D eigenvalue weighted by molar-refractivity contribution is -0.114. The highest BCUT2D eigenvalue weighted by atomic mass is 32.1. The topological polar surface area (TPSA) is 68.3 Å². The summed E-state index contributed by atoms with van der Waals surface area (Å²) in [7, 11) is 0. The van der Waals surface area contributed by atoms with Crippen LogP contribution in [0.3, 0.4) is 0 Å². The molecule has 2 heterocycles. The Bertz CT molecular complexity index is 623. The molecule has 1 amide bonds. The maximum Gasteiger partial charge on any atom is 0.341 e. The van der Waals surface area contributed by atoms with Crippen LogP contribution in [0.1, 0.15) is 24.2 Å². The van der Waals surface area contributed by atoms with Crippen molar-refractivity contribution in [2.75, 3.05) is 11.9 Å². The van der Waals surface area contributed by atoms with Crippen molar-refractivity contribution >= 4 is 28.2 Å². The van der Waals surface area contributed by atoms with Gasteiger partial charge >= 0.3 is 5.97 Å². The SMILES string of the molecule is CCOC(=O)c1c(-c2cccnc2)csc1NC(C)=O. The molecule has 0 unspecified atom stereocenters. The average molecular weight is 290 g/mol. The summed E-state index contributed by atoms with van der Waals surface area (Å²) in [5, 5.41) is 4.97. The van der Waals surface area contributed by atoms with Crippen LogP contribution in [0.5, 0.6) is 0 Å². The normalized spacial score (nSPS) is 10.1. The van der Waals surface area contributed by atoms with Gasteiger partial charge in [-0.15, -0.1) is 11.3 Å². The molecule has 104 valence electrons. The Labute approximate surface area is 120 Å². The zero-order valence-corrected chi connectivity index (χ0v) is 12.0. The summed E-state index contributed by atoms with van der Waals surface area (Å²) in [4.78, 5) is 27.4. The molecule has 2 rings (SSSR count). The van der Waals surface area contributed by atoms with Crippen LogP contribution in [0, 0.1) is 0 Å². The fourth-order valence-electron chi connectivity index (χ4n) is 1.75. The number of rotatable bonds is 4. The number of carbonyl (C=O) groups excluding carboxylic acids is 2. The van der Waals surface area contributed by atoms with Gasteiger partial charge in [0.1, 0.15) is 10.6 Å². The molecule has 0 saturated heterocycles. The Morgan fingerprint density at radius 3 is 2.85 bits per heavy atom. The van der Waals surface area contributed by atoms with E-state index in [1.54, 1.807) is 25.4 Å². The maximum atomic E-state index is 12.1. The minimum atomic E-state index is -0.448. The monoisotopic (exact) mass is 290 g/mol. The highest BCUT2D eigenvalue weighted by Gasteiger charge is 2.22. The molecule has 20 heavy (non-hydrogen) atoms. The quantitative estimate of drug-likeness (QED) is 0.879. The third-order valence-electron chi connectivity index (χ3n) is 2.53. The molecule has 0 aromatic carbocycles. The first-order chi connectivity index (χ1) is 9.63. The summed E-state index contributed by atoms with van der Waals surface area (Å²) in [5.74, 6) is -0.675. The van der Waals surface area contributed by atoms with Crippen molar-refractivity contribution in [1.82, 2.24) is 4.98 Å². The lowest BCUT2D eigenvalue weighted by Crippen LogP contribution is -2.11. The Morgan fingerprint density at radius 1 is 1.45 bits per heavy atom. The minimum absolute atomic E-state index is 0.227. The number of nitrogens with one attached hydrogen (secondary N) is 1.